The highest BCUT2D eigenvalue weighted by Crippen LogP contribution is 2.23. The Morgan fingerprint density at radius 3 is 2.74 bits per heavy atom. The minimum atomic E-state index is -0.620. The van der Waals surface area contributed by atoms with E-state index in [1.54, 1.807) is 26.0 Å². The maximum Gasteiger partial charge on any atom is 0.340 e. The van der Waals surface area contributed by atoms with Crippen LogP contribution in [0.3, 0.4) is 0 Å². The molecule has 0 fully saturated rings. The number of benzene rings is 1. The van der Waals surface area contributed by atoms with Crippen LogP contribution in [0, 0.1) is 13.8 Å². The summed E-state index contributed by atoms with van der Waals surface area (Å²) in [4.78, 5) is 12.0. The van der Waals surface area contributed by atoms with Gasteiger partial charge in [0.1, 0.15) is 0 Å². The minimum Gasteiger partial charge on any atom is -0.449 e. The summed E-state index contributed by atoms with van der Waals surface area (Å²) in [6, 6.07) is 5.19. The smallest absolute Gasteiger partial charge is 0.340 e. The maximum absolute atomic E-state index is 12.0. The van der Waals surface area contributed by atoms with Gasteiger partial charge >= 0.3 is 5.97 Å². The molecule has 2 rings (SSSR count). The van der Waals surface area contributed by atoms with E-state index in [1.807, 2.05) is 13.0 Å². The lowest BCUT2D eigenvalue weighted by atomic mass is 10.1. The Labute approximate surface area is 115 Å². The molecular formula is C13H13ClN2O3. The molecular weight excluding hydrogens is 268 g/mol. The second-order valence-corrected chi connectivity index (χ2v) is 4.52. The normalized spacial score (nSPS) is 12.2. The van der Waals surface area contributed by atoms with E-state index < -0.39 is 12.1 Å². The van der Waals surface area contributed by atoms with E-state index in [2.05, 4.69) is 10.2 Å². The molecule has 0 amide bonds. The molecule has 0 N–H and O–H groups in total. The van der Waals surface area contributed by atoms with Crippen LogP contribution in [0.4, 0.5) is 0 Å². The molecule has 19 heavy (non-hydrogen) atoms. The van der Waals surface area contributed by atoms with Gasteiger partial charge in [-0.2, -0.15) is 0 Å². The molecule has 100 valence electrons. The fourth-order valence-corrected chi connectivity index (χ4v) is 1.76. The zero-order valence-corrected chi connectivity index (χ0v) is 11.6. The first-order valence-electron chi connectivity index (χ1n) is 5.75. The van der Waals surface area contributed by atoms with Crippen molar-refractivity contribution in [2.45, 2.75) is 26.9 Å². The third-order valence-electron chi connectivity index (χ3n) is 2.58. The summed E-state index contributed by atoms with van der Waals surface area (Å²) >= 11 is 6.07. The third kappa shape index (κ3) is 2.93. The molecule has 1 aromatic heterocycles. The number of rotatable bonds is 3. The van der Waals surface area contributed by atoms with E-state index in [9.17, 15) is 4.79 Å². The van der Waals surface area contributed by atoms with Gasteiger partial charge in [0.05, 0.1) is 10.6 Å². The Kier molecular flexibility index (Phi) is 3.85. The van der Waals surface area contributed by atoms with Crippen LogP contribution in [0.25, 0.3) is 0 Å². The van der Waals surface area contributed by atoms with Crippen molar-refractivity contribution in [3.05, 3.63) is 46.1 Å². The fraction of sp³-hybridized carbons (Fsp3) is 0.308. The van der Waals surface area contributed by atoms with E-state index >= 15 is 0 Å². The van der Waals surface area contributed by atoms with Crippen molar-refractivity contribution < 1.29 is 13.9 Å². The zero-order chi connectivity index (χ0) is 14.0. The van der Waals surface area contributed by atoms with Crippen LogP contribution in [0.2, 0.25) is 5.02 Å². The van der Waals surface area contributed by atoms with E-state index in [1.165, 1.54) is 0 Å². The van der Waals surface area contributed by atoms with Gasteiger partial charge in [0, 0.05) is 6.92 Å². The van der Waals surface area contributed by atoms with Crippen LogP contribution in [0.1, 0.15) is 40.7 Å². The number of aryl methyl sites for hydroxylation is 2. The molecule has 1 aromatic carbocycles. The maximum atomic E-state index is 12.0. The number of carbonyl (C=O) groups is 1. The lowest BCUT2D eigenvalue weighted by molar-refractivity contribution is 0.0277. The van der Waals surface area contributed by atoms with E-state index in [0.717, 1.165) is 5.56 Å². The summed E-state index contributed by atoms with van der Waals surface area (Å²) < 4.78 is 10.5. The predicted octanol–water partition coefficient (Wildman–Crippen LogP) is 3.26. The molecule has 1 heterocycles. The summed E-state index contributed by atoms with van der Waals surface area (Å²) in [5.74, 6) is 0.165. The van der Waals surface area contributed by atoms with Gasteiger partial charge in [-0.15, -0.1) is 10.2 Å². The Morgan fingerprint density at radius 1 is 1.37 bits per heavy atom. The van der Waals surface area contributed by atoms with Gasteiger partial charge < -0.3 is 9.15 Å². The number of nitrogens with zero attached hydrogens (tertiary/aromatic N) is 2. The molecule has 0 unspecified atom stereocenters. The second kappa shape index (κ2) is 5.40. The molecule has 0 aliphatic carbocycles. The van der Waals surface area contributed by atoms with Gasteiger partial charge in [-0.3, -0.25) is 0 Å². The molecule has 2 aromatic rings. The molecule has 0 spiro atoms. The monoisotopic (exact) mass is 280 g/mol. The van der Waals surface area contributed by atoms with Crippen LogP contribution < -0.4 is 0 Å². The first-order valence-corrected chi connectivity index (χ1v) is 6.13. The van der Waals surface area contributed by atoms with Gasteiger partial charge in [-0.05, 0) is 25.5 Å². The van der Waals surface area contributed by atoms with E-state index in [4.69, 9.17) is 20.8 Å². The summed E-state index contributed by atoms with van der Waals surface area (Å²) in [6.45, 7) is 5.15. The van der Waals surface area contributed by atoms with Gasteiger partial charge in [-0.1, -0.05) is 23.7 Å². The molecule has 0 aliphatic heterocycles. The first-order chi connectivity index (χ1) is 8.99. The average Bonchev–Trinajstić information content (AvgIpc) is 2.79. The van der Waals surface area contributed by atoms with Crippen LogP contribution in [-0.2, 0) is 4.74 Å². The molecule has 0 saturated heterocycles. The fourth-order valence-electron chi connectivity index (χ4n) is 1.56. The van der Waals surface area contributed by atoms with Gasteiger partial charge in [-0.25, -0.2) is 4.79 Å². The highest BCUT2D eigenvalue weighted by molar-refractivity contribution is 6.34. The van der Waals surface area contributed by atoms with Gasteiger partial charge in [0.15, 0.2) is 6.10 Å². The summed E-state index contributed by atoms with van der Waals surface area (Å²) in [5, 5.41) is 7.88. The van der Waals surface area contributed by atoms with Crippen molar-refractivity contribution >= 4 is 17.6 Å². The first kappa shape index (κ1) is 13.5. The van der Waals surface area contributed by atoms with Crippen molar-refractivity contribution in [2.24, 2.45) is 0 Å². The number of hydrogen-bond acceptors (Lipinski definition) is 5. The largest absolute Gasteiger partial charge is 0.449 e. The average molecular weight is 281 g/mol. The molecule has 1 atom stereocenters. The van der Waals surface area contributed by atoms with Gasteiger partial charge in [0.25, 0.3) is 5.89 Å². The summed E-state index contributed by atoms with van der Waals surface area (Å²) in [6.07, 6.45) is -0.620. The number of hydrogen-bond donors (Lipinski definition) is 0. The lowest BCUT2D eigenvalue weighted by Crippen LogP contribution is -2.10. The number of carbonyl (C=O) groups excluding carboxylic acids is 1. The van der Waals surface area contributed by atoms with Gasteiger partial charge in [0.2, 0.25) is 5.89 Å². The second-order valence-electron chi connectivity index (χ2n) is 4.14. The van der Waals surface area contributed by atoms with Crippen molar-refractivity contribution in [1.82, 2.24) is 10.2 Å². The summed E-state index contributed by atoms with van der Waals surface area (Å²) in [7, 11) is 0. The number of esters is 1. The zero-order valence-electron chi connectivity index (χ0n) is 10.8. The minimum absolute atomic E-state index is 0.259. The third-order valence-corrected chi connectivity index (χ3v) is 3.09. The van der Waals surface area contributed by atoms with Crippen LogP contribution in [-0.4, -0.2) is 16.2 Å². The van der Waals surface area contributed by atoms with E-state index in [-0.39, 0.29) is 5.89 Å². The highest BCUT2D eigenvalue weighted by Gasteiger charge is 2.20. The van der Waals surface area contributed by atoms with Crippen LogP contribution in [0.15, 0.2) is 22.6 Å². The number of aromatic nitrogens is 2. The molecule has 0 bridgehead atoms. The lowest BCUT2D eigenvalue weighted by Gasteiger charge is -2.11. The Bertz CT molecular complexity index is 610. The molecule has 5 nitrogen and oxygen atoms in total. The Morgan fingerprint density at radius 2 is 2.11 bits per heavy atom. The Balaban J connectivity index is 2.15. The van der Waals surface area contributed by atoms with Crippen molar-refractivity contribution in [2.75, 3.05) is 0 Å². The van der Waals surface area contributed by atoms with Crippen LogP contribution >= 0.6 is 11.6 Å². The van der Waals surface area contributed by atoms with E-state index in [0.29, 0.717) is 16.5 Å². The SMILES string of the molecule is Cc1nnc([C@@H](C)OC(=O)c2cccc(C)c2Cl)o1. The van der Waals surface area contributed by atoms with Crippen LogP contribution in [0.5, 0.6) is 0 Å². The van der Waals surface area contributed by atoms with Crippen molar-refractivity contribution in [3.8, 4) is 0 Å². The molecule has 0 radical (unpaired) electrons. The topological polar surface area (TPSA) is 65.2 Å². The molecule has 0 aliphatic rings. The standard InChI is InChI=1S/C13H13ClN2O3/c1-7-5-4-6-10(11(7)14)13(17)18-8(2)12-16-15-9(3)19-12/h4-6,8H,1-3H3/t8-/m1/s1. The molecule has 6 heteroatoms. The summed E-state index contributed by atoms with van der Waals surface area (Å²) in [5.41, 5.74) is 1.14. The van der Waals surface area contributed by atoms with Crippen molar-refractivity contribution in [1.29, 1.82) is 0 Å². The Hall–Kier alpha value is -1.88. The highest BCUT2D eigenvalue weighted by atomic mass is 35.5. The quantitative estimate of drug-likeness (QED) is 0.808. The molecule has 0 saturated carbocycles. The number of halogens is 1. The predicted molar refractivity (Wildman–Crippen MR) is 69.1 cm³/mol. The number of ether oxygens (including phenoxy) is 1. The van der Waals surface area contributed by atoms with Crippen molar-refractivity contribution in [3.63, 3.8) is 0 Å².